The summed E-state index contributed by atoms with van der Waals surface area (Å²) in [6, 6.07) is 11.9. The predicted molar refractivity (Wildman–Crippen MR) is 123 cm³/mol. The van der Waals surface area contributed by atoms with Crippen molar-refractivity contribution >= 4 is 29.3 Å². The average Bonchev–Trinajstić information content (AvgIpc) is 2.74. The summed E-state index contributed by atoms with van der Waals surface area (Å²) in [7, 11) is 3.97. The minimum Gasteiger partial charge on any atom is -0.481 e. The Morgan fingerprint density at radius 3 is 2.48 bits per heavy atom. The van der Waals surface area contributed by atoms with Crippen LogP contribution < -0.4 is 10.5 Å². The fourth-order valence-corrected chi connectivity index (χ4v) is 5.26. The topological polar surface area (TPSA) is 82.9 Å². The summed E-state index contributed by atoms with van der Waals surface area (Å²) >= 11 is 1.13. The van der Waals surface area contributed by atoms with Crippen LogP contribution in [-0.2, 0) is 16.1 Å². The van der Waals surface area contributed by atoms with Gasteiger partial charge in [0.15, 0.2) is 0 Å². The van der Waals surface area contributed by atoms with Gasteiger partial charge in [0, 0.05) is 56.6 Å². The Morgan fingerprint density at radius 2 is 1.81 bits per heavy atom. The molecule has 1 N–H and O–H groups in total. The monoisotopic (exact) mass is 441 g/mol. The third kappa shape index (κ3) is 4.49. The van der Waals surface area contributed by atoms with Crippen molar-refractivity contribution in [3.63, 3.8) is 0 Å². The van der Waals surface area contributed by atoms with Gasteiger partial charge in [-0.25, -0.2) is 0 Å². The molecule has 2 aromatic rings. The van der Waals surface area contributed by atoms with E-state index in [1.165, 1.54) is 0 Å². The number of piperidine rings is 1. The van der Waals surface area contributed by atoms with E-state index in [-0.39, 0.29) is 34.8 Å². The van der Waals surface area contributed by atoms with Gasteiger partial charge in [-0.05, 0) is 42.2 Å². The van der Waals surface area contributed by atoms with Gasteiger partial charge in [0.2, 0.25) is 5.91 Å². The molecule has 1 saturated heterocycles. The van der Waals surface area contributed by atoms with E-state index < -0.39 is 5.97 Å². The summed E-state index contributed by atoms with van der Waals surface area (Å²) in [4.78, 5) is 40.4. The predicted octanol–water partition coefficient (Wildman–Crippen LogP) is 2.34. The van der Waals surface area contributed by atoms with Crippen molar-refractivity contribution < 1.29 is 14.7 Å². The Kier molecular flexibility index (Phi) is 6.09. The van der Waals surface area contributed by atoms with Crippen LogP contribution in [0.5, 0.6) is 0 Å². The summed E-state index contributed by atoms with van der Waals surface area (Å²) in [6.45, 7) is 1.82. The number of anilines is 1. The SMILES string of the molecule is CN(C)c1ccc(-c2ccc3n(c2=O)C[C@H]2C[C@@H]3CN(C(=O)CSCC(=O)O)C2)cc1. The number of likely N-dealkylation sites (tertiary alicyclic amines) is 1. The summed E-state index contributed by atoms with van der Waals surface area (Å²) in [5.74, 6) is -0.436. The largest absolute Gasteiger partial charge is 0.481 e. The first-order valence-corrected chi connectivity index (χ1v) is 11.6. The number of hydrogen-bond donors (Lipinski definition) is 1. The highest BCUT2D eigenvalue weighted by atomic mass is 32.2. The molecule has 164 valence electrons. The Balaban J connectivity index is 1.54. The molecule has 0 unspecified atom stereocenters. The first-order chi connectivity index (χ1) is 14.8. The molecular weight excluding hydrogens is 414 g/mol. The molecule has 7 nitrogen and oxygen atoms in total. The smallest absolute Gasteiger partial charge is 0.313 e. The second kappa shape index (κ2) is 8.78. The van der Waals surface area contributed by atoms with Crippen molar-refractivity contribution in [2.45, 2.75) is 18.9 Å². The lowest BCUT2D eigenvalue weighted by atomic mass is 9.82. The van der Waals surface area contributed by atoms with E-state index in [1.54, 1.807) is 0 Å². The number of carbonyl (C=O) groups is 2. The van der Waals surface area contributed by atoms with Gasteiger partial charge >= 0.3 is 5.97 Å². The van der Waals surface area contributed by atoms with Crippen molar-refractivity contribution in [3.05, 3.63) is 52.4 Å². The molecule has 1 amide bonds. The van der Waals surface area contributed by atoms with Crippen LogP contribution in [0.25, 0.3) is 11.1 Å². The van der Waals surface area contributed by atoms with Gasteiger partial charge in [-0.3, -0.25) is 14.4 Å². The number of nitrogens with zero attached hydrogens (tertiary/aromatic N) is 3. The minimum absolute atomic E-state index is 0.0191. The zero-order valence-electron chi connectivity index (χ0n) is 17.8. The molecule has 1 aromatic carbocycles. The number of carboxylic acids is 1. The lowest BCUT2D eigenvalue weighted by Crippen LogP contribution is -2.49. The summed E-state index contributed by atoms with van der Waals surface area (Å²) in [6.07, 6.45) is 0.975. The number of hydrogen-bond acceptors (Lipinski definition) is 5. The molecule has 0 saturated carbocycles. The second-order valence-corrected chi connectivity index (χ2v) is 9.50. The van der Waals surface area contributed by atoms with Crippen LogP contribution >= 0.6 is 11.8 Å². The maximum atomic E-state index is 13.3. The number of amides is 1. The Morgan fingerprint density at radius 1 is 1.06 bits per heavy atom. The molecule has 2 aliphatic rings. The molecule has 0 radical (unpaired) electrons. The van der Waals surface area contributed by atoms with E-state index in [0.717, 1.165) is 35.1 Å². The van der Waals surface area contributed by atoms with E-state index >= 15 is 0 Å². The highest BCUT2D eigenvalue weighted by molar-refractivity contribution is 8.00. The number of thioether (sulfide) groups is 1. The summed E-state index contributed by atoms with van der Waals surface area (Å²) in [5, 5.41) is 8.77. The highest BCUT2D eigenvalue weighted by Gasteiger charge is 2.36. The average molecular weight is 442 g/mol. The zero-order valence-corrected chi connectivity index (χ0v) is 18.6. The molecule has 0 aliphatic carbocycles. The minimum atomic E-state index is -0.909. The quantitative estimate of drug-likeness (QED) is 0.741. The fraction of sp³-hybridized carbons (Fsp3) is 0.435. The van der Waals surface area contributed by atoms with Crippen molar-refractivity contribution in [3.8, 4) is 11.1 Å². The van der Waals surface area contributed by atoms with Crippen LogP contribution in [0, 0.1) is 5.92 Å². The van der Waals surface area contributed by atoms with Gasteiger partial charge in [0.25, 0.3) is 5.56 Å². The van der Waals surface area contributed by atoms with Gasteiger partial charge in [-0.15, -0.1) is 11.8 Å². The fourth-order valence-electron chi connectivity index (χ4n) is 4.63. The van der Waals surface area contributed by atoms with Crippen molar-refractivity contribution in [2.75, 3.05) is 43.6 Å². The molecule has 2 aliphatic heterocycles. The van der Waals surface area contributed by atoms with E-state index in [2.05, 4.69) is 0 Å². The van der Waals surface area contributed by atoms with Crippen LogP contribution in [0.2, 0.25) is 0 Å². The van der Waals surface area contributed by atoms with Gasteiger partial charge < -0.3 is 19.5 Å². The van der Waals surface area contributed by atoms with Crippen LogP contribution in [0.4, 0.5) is 5.69 Å². The molecule has 3 heterocycles. The van der Waals surface area contributed by atoms with Crippen molar-refractivity contribution in [1.29, 1.82) is 0 Å². The molecule has 2 atom stereocenters. The van der Waals surface area contributed by atoms with Crippen LogP contribution in [0.15, 0.2) is 41.2 Å². The summed E-state index contributed by atoms with van der Waals surface area (Å²) < 4.78 is 1.90. The number of aromatic nitrogens is 1. The van der Waals surface area contributed by atoms with Gasteiger partial charge in [-0.2, -0.15) is 0 Å². The highest BCUT2D eigenvalue weighted by Crippen LogP contribution is 2.36. The van der Waals surface area contributed by atoms with E-state index in [1.807, 2.05) is 64.9 Å². The Bertz CT molecular complexity index is 1050. The van der Waals surface area contributed by atoms with E-state index in [4.69, 9.17) is 5.11 Å². The molecule has 1 fully saturated rings. The number of benzene rings is 1. The molecule has 2 bridgehead atoms. The van der Waals surface area contributed by atoms with Crippen LogP contribution in [0.3, 0.4) is 0 Å². The second-order valence-electron chi connectivity index (χ2n) is 8.51. The van der Waals surface area contributed by atoms with Crippen molar-refractivity contribution in [1.82, 2.24) is 9.47 Å². The number of fused-ring (bicyclic) bond motifs is 4. The first-order valence-electron chi connectivity index (χ1n) is 10.4. The maximum Gasteiger partial charge on any atom is 0.313 e. The number of aliphatic carboxylic acids is 1. The van der Waals surface area contributed by atoms with Crippen LogP contribution in [0.1, 0.15) is 18.0 Å². The number of carbonyl (C=O) groups excluding carboxylic acids is 1. The van der Waals surface area contributed by atoms with E-state index in [0.29, 0.717) is 25.2 Å². The number of rotatable bonds is 6. The van der Waals surface area contributed by atoms with Gasteiger partial charge in [-0.1, -0.05) is 12.1 Å². The zero-order chi connectivity index (χ0) is 22.1. The lowest BCUT2D eigenvalue weighted by Gasteiger charge is -2.43. The lowest BCUT2D eigenvalue weighted by molar-refractivity contribution is -0.133. The van der Waals surface area contributed by atoms with Crippen molar-refractivity contribution in [2.24, 2.45) is 5.92 Å². The first kappa shape index (κ1) is 21.5. The molecule has 4 rings (SSSR count). The third-order valence-corrected chi connectivity index (χ3v) is 7.00. The van der Waals surface area contributed by atoms with Crippen LogP contribution in [-0.4, -0.2) is 65.1 Å². The molecular formula is C23H27N3O4S. The molecule has 8 heteroatoms. The summed E-state index contributed by atoms with van der Waals surface area (Å²) in [5.41, 5.74) is 3.72. The molecule has 0 spiro atoms. The molecule has 31 heavy (non-hydrogen) atoms. The number of pyridine rings is 1. The third-order valence-electron chi connectivity index (χ3n) is 6.10. The Labute approximate surface area is 185 Å². The Hall–Kier alpha value is -2.74. The maximum absolute atomic E-state index is 13.3. The molecule has 1 aromatic heterocycles. The normalized spacial score (nSPS) is 19.6. The number of carboxylic acid groups (broad SMARTS) is 1. The van der Waals surface area contributed by atoms with E-state index in [9.17, 15) is 14.4 Å². The standard InChI is InChI=1S/C23H27N3O4S/c1-24(2)18-5-3-16(4-6-18)19-7-8-20-17-9-15(11-26(20)23(19)30)10-25(12-17)21(27)13-31-14-22(28)29/h3-8,15,17H,9-14H2,1-2H3,(H,28,29)/t15-,17+/m0/s1. The van der Waals surface area contributed by atoms with Gasteiger partial charge in [0.05, 0.1) is 11.5 Å². The van der Waals surface area contributed by atoms with Gasteiger partial charge in [0.1, 0.15) is 0 Å².